The van der Waals surface area contributed by atoms with Gasteiger partial charge in [0.05, 0.1) is 47.4 Å². The standard InChI is InChI=1S/C23H25N7O2/c1-22(2,31)14-30-13-16(10-27-30)20-28-21(29-32-20)23(8-3-9-23)17-6-4-15(5-7-17)18-11-26-19(24)12-25-18/h4-7,10-13,31H,3,8-9,14H2,1-2H3,(H2,24,26). The Morgan fingerprint density at radius 1 is 1.09 bits per heavy atom. The van der Waals surface area contributed by atoms with Gasteiger partial charge in [-0.15, -0.1) is 0 Å². The molecule has 1 aliphatic carbocycles. The van der Waals surface area contributed by atoms with Crippen molar-refractivity contribution in [3.63, 3.8) is 0 Å². The van der Waals surface area contributed by atoms with Crippen molar-refractivity contribution in [3.05, 3.63) is 60.4 Å². The molecule has 0 aliphatic heterocycles. The zero-order valence-corrected chi connectivity index (χ0v) is 18.1. The van der Waals surface area contributed by atoms with E-state index in [0.717, 1.165) is 41.6 Å². The summed E-state index contributed by atoms with van der Waals surface area (Å²) in [6.07, 6.45) is 9.76. The highest BCUT2D eigenvalue weighted by Crippen LogP contribution is 2.48. The van der Waals surface area contributed by atoms with Crippen molar-refractivity contribution in [1.29, 1.82) is 0 Å². The van der Waals surface area contributed by atoms with Gasteiger partial charge in [0.1, 0.15) is 5.82 Å². The van der Waals surface area contributed by atoms with E-state index in [1.807, 2.05) is 18.3 Å². The molecular weight excluding hydrogens is 406 g/mol. The van der Waals surface area contributed by atoms with Gasteiger partial charge < -0.3 is 15.4 Å². The lowest BCUT2D eigenvalue weighted by Gasteiger charge is -2.39. The molecule has 4 aromatic rings. The number of anilines is 1. The van der Waals surface area contributed by atoms with Gasteiger partial charge in [0.15, 0.2) is 5.82 Å². The van der Waals surface area contributed by atoms with E-state index in [-0.39, 0.29) is 5.41 Å². The van der Waals surface area contributed by atoms with Crippen molar-refractivity contribution in [1.82, 2.24) is 29.9 Å². The van der Waals surface area contributed by atoms with Crippen LogP contribution in [0.3, 0.4) is 0 Å². The van der Waals surface area contributed by atoms with Gasteiger partial charge in [0.25, 0.3) is 5.89 Å². The SMILES string of the molecule is CC(C)(O)Cn1cc(-c2nc(C3(c4ccc(-c5cnc(N)cn5)cc4)CCC3)no2)cn1. The Hall–Kier alpha value is -3.59. The number of rotatable bonds is 6. The molecule has 9 nitrogen and oxygen atoms in total. The Balaban J connectivity index is 1.40. The van der Waals surface area contributed by atoms with Gasteiger partial charge in [-0.05, 0) is 32.3 Å². The predicted octanol–water partition coefficient (Wildman–Crippen LogP) is 3.21. The number of nitrogens with zero attached hydrogens (tertiary/aromatic N) is 6. The van der Waals surface area contributed by atoms with Crippen LogP contribution in [-0.4, -0.2) is 40.6 Å². The third-order valence-corrected chi connectivity index (χ3v) is 5.90. The topological polar surface area (TPSA) is 129 Å². The number of benzene rings is 1. The zero-order valence-electron chi connectivity index (χ0n) is 18.1. The summed E-state index contributed by atoms with van der Waals surface area (Å²) in [5.41, 5.74) is 8.17. The minimum atomic E-state index is -0.858. The van der Waals surface area contributed by atoms with Crippen molar-refractivity contribution in [2.45, 2.75) is 50.7 Å². The lowest BCUT2D eigenvalue weighted by atomic mass is 9.64. The van der Waals surface area contributed by atoms with E-state index in [4.69, 9.17) is 15.2 Å². The van der Waals surface area contributed by atoms with Crippen LogP contribution < -0.4 is 5.73 Å². The van der Waals surface area contributed by atoms with Crippen LogP contribution in [0.5, 0.6) is 0 Å². The smallest absolute Gasteiger partial charge is 0.261 e. The molecule has 3 aromatic heterocycles. The number of hydrogen-bond donors (Lipinski definition) is 2. The van der Waals surface area contributed by atoms with Gasteiger partial charge >= 0.3 is 0 Å². The summed E-state index contributed by atoms with van der Waals surface area (Å²) in [6, 6.07) is 8.28. The number of aromatic nitrogens is 6. The van der Waals surface area contributed by atoms with Crippen LogP contribution in [0, 0.1) is 0 Å². The summed E-state index contributed by atoms with van der Waals surface area (Å²) in [7, 11) is 0. The largest absolute Gasteiger partial charge is 0.389 e. The van der Waals surface area contributed by atoms with Crippen LogP contribution in [-0.2, 0) is 12.0 Å². The number of hydrogen-bond acceptors (Lipinski definition) is 8. The molecule has 0 saturated heterocycles. The molecule has 0 spiro atoms. The molecule has 3 N–H and O–H groups in total. The second-order valence-corrected chi connectivity index (χ2v) is 9.00. The van der Waals surface area contributed by atoms with Crippen LogP contribution in [0.25, 0.3) is 22.7 Å². The van der Waals surface area contributed by atoms with Crippen molar-refractivity contribution in [3.8, 4) is 22.7 Å². The van der Waals surface area contributed by atoms with E-state index in [9.17, 15) is 5.11 Å². The first-order valence-corrected chi connectivity index (χ1v) is 10.6. The second kappa shape index (κ2) is 7.52. The van der Waals surface area contributed by atoms with Gasteiger partial charge in [-0.3, -0.25) is 9.67 Å². The maximum atomic E-state index is 10.0. The highest BCUT2D eigenvalue weighted by Gasteiger charge is 2.44. The minimum Gasteiger partial charge on any atom is -0.389 e. The molecule has 9 heteroatoms. The summed E-state index contributed by atoms with van der Waals surface area (Å²) in [5.74, 6) is 1.52. The summed E-state index contributed by atoms with van der Waals surface area (Å²) in [6.45, 7) is 3.86. The molecule has 1 aliphatic rings. The molecule has 0 atom stereocenters. The van der Waals surface area contributed by atoms with E-state index in [1.165, 1.54) is 0 Å². The molecule has 1 aromatic carbocycles. The predicted molar refractivity (Wildman–Crippen MR) is 118 cm³/mol. The molecule has 1 fully saturated rings. The summed E-state index contributed by atoms with van der Waals surface area (Å²) in [5, 5.41) is 18.6. The van der Waals surface area contributed by atoms with Crippen molar-refractivity contribution in [2.24, 2.45) is 0 Å². The van der Waals surface area contributed by atoms with Crippen molar-refractivity contribution in [2.75, 3.05) is 5.73 Å². The van der Waals surface area contributed by atoms with Crippen LogP contribution in [0.1, 0.15) is 44.5 Å². The second-order valence-electron chi connectivity index (χ2n) is 9.00. The third-order valence-electron chi connectivity index (χ3n) is 5.90. The molecular formula is C23H25N7O2. The molecule has 0 bridgehead atoms. The first-order valence-electron chi connectivity index (χ1n) is 10.6. The molecule has 0 radical (unpaired) electrons. The first-order chi connectivity index (χ1) is 15.3. The number of aliphatic hydroxyl groups is 1. The van der Waals surface area contributed by atoms with Gasteiger partial charge in [-0.25, -0.2) is 4.98 Å². The normalized spacial score (nSPS) is 15.5. The Morgan fingerprint density at radius 2 is 1.88 bits per heavy atom. The maximum absolute atomic E-state index is 10.0. The quantitative estimate of drug-likeness (QED) is 0.476. The Labute approximate surface area is 185 Å². The fourth-order valence-electron chi connectivity index (χ4n) is 4.11. The Kier molecular flexibility index (Phi) is 4.78. The van der Waals surface area contributed by atoms with Gasteiger partial charge in [-0.1, -0.05) is 35.8 Å². The monoisotopic (exact) mass is 431 g/mol. The van der Waals surface area contributed by atoms with Crippen molar-refractivity contribution >= 4 is 5.82 Å². The number of nitrogens with two attached hydrogens (primary N) is 1. The molecule has 5 rings (SSSR count). The molecule has 0 amide bonds. The van der Waals surface area contributed by atoms with Crippen LogP contribution in [0.15, 0.2) is 53.6 Å². The summed E-state index contributed by atoms with van der Waals surface area (Å²) in [4.78, 5) is 13.2. The Morgan fingerprint density at radius 3 is 2.50 bits per heavy atom. The van der Waals surface area contributed by atoms with Crippen LogP contribution in [0.4, 0.5) is 5.82 Å². The molecule has 1 saturated carbocycles. The van der Waals surface area contributed by atoms with Gasteiger partial charge in [0, 0.05) is 11.8 Å². The molecule has 32 heavy (non-hydrogen) atoms. The highest BCUT2D eigenvalue weighted by atomic mass is 16.5. The van der Waals surface area contributed by atoms with Gasteiger partial charge in [0.2, 0.25) is 0 Å². The summed E-state index contributed by atoms with van der Waals surface area (Å²) < 4.78 is 7.27. The third kappa shape index (κ3) is 3.75. The van der Waals surface area contributed by atoms with E-state index in [1.54, 1.807) is 37.1 Å². The van der Waals surface area contributed by atoms with E-state index in [2.05, 4.69) is 32.4 Å². The maximum Gasteiger partial charge on any atom is 0.261 e. The van der Waals surface area contributed by atoms with E-state index >= 15 is 0 Å². The molecule has 3 heterocycles. The zero-order chi connectivity index (χ0) is 22.3. The minimum absolute atomic E-state index is 0.254. The van der Waals surface area contributed by atoms with E-state index in [0.29, 0.717) is 24.1 Å². The lowest BCUT2D eigenvalue weighted by molar-refractivity contribution is 0.0577. The lowest BCUT2D eigenvalue weighted by Crippen LogP contribution is -2.36. The molecule has 164 valence electrons. The fraction of sp³-hybridized carbons (Fsp3) is 0.348. The number of nitrogen functional groups attached to an aromatic ring is 1. The van der Waals surface area contributed by atoms with Crippen LogP contribution in [0.2, 0.25) is 0 Å². The van der Waals surface area contributed by atoms with Gasteiger partial charge in [-0.2, -0.15) is 10.1 Å². The molecule has 0 unspecified atom stereocenters. The average molecular weight is 432 g/mol. The Bertz CT molecular complexity index is 1220. The summed E-state index contributed by atoms with van der Waals surface area (Å²) >= 11 is 0. The first kappa shape index (κ1) is 20.3. The fourth-order valence-corrected chi connectivity index (χ4v) is 4.11. The highest BCUT2D eigenvalue weighted by molar-refractivity contribution is 5.60. The average Bonchev–Trinajstić information content (AvgIpc) is 3.37. The van der Waals surface area contributed by atoms with Crippen molar-refractivity contribution < 1.29 is 9.63 Å². The van der Waals surface area contributed by atoms with E-state index < -0.39 is 5.60 Å². The van der Waals surface area contributed by atoms with Crippen LogP contribution >= 0.6 is 0 Å².